The van der Waals surface area contributed by atoms with Gasteiger partial charge in [-0.05, 0) is 64.2 Å². The molecule has 3 atom stereocenters. The molecule has 3 unspecified atom stereocenters. The highest BCUT2D eigenvalue weighted by atomic mass is 16.5. The van der Waals surface area contributed by atoms with Crippen LogP contribution in [0.3, 0.4) is 0 Å². The number of hydrogen-bond donors (Lipinski definition) is 0. The lowest BCUT2D eigenvalue weighted by molar-refractivity contribution is -0.00510. The molecule has 0 aromatic heterocycles. The molecule has 0 N–H and O–H groups in total. The molecular formula is C17H28O. The minimum absolute atomic E-state index is 0.0232. The predicted octanol–water partition coefficient (Wildman–Crippen LogP) is 4.74. The maximum atomic E-state index is 5.78. The van der Waals surface area contributed by atoms with E-state index in [1.165, 1.54) is 32.1 Å². The van der Waals surface area contributed by atoms with E-state index in [1.54, 1.807) is 0 Å². The fourth-order valence-electron chi connectivity index (χ4n) is 3.29. The molecule has 0 radical (unpaired) electrons. The highest BCUT2D eigenvalue weighted by Crippen LogP contribution is 2.42. The van der Waals surface area contributed by atoms with E-state index in [-0.39, 0.29) is 5.60 Å². The summed E-state index contributed by atoms with van der Waals surface area (Å²) in [6.45, 7) is 7.31. The minimum atomic E-state index is 0.0232. The Labute approximate surface area is 112 Å². The number of ether oxygens (including phenoxy) is 1. The van der Waals surface area contributed by atoms with Crippen LogP contribution in [0.25, 0.3) is 0 Å². The largest absolute Gasteiger partial charge is 0.376 e. The zero-order chi connectivity index (χ0) is 13.0. The third-order valence-corrected chi connectivity index (χ3v) is 4.22. The van der Waals surface area contributed by atoms with Gasteiger partial charge in [0.25, 0.3) is 0 Å². The summed E-state index contributed by atoms with van der Waals surface area (Å²) >= 11 is 0. The van der Waals surface area contributed by atoms with Crippen LogP contribution in [-0.4, -0.2) is 12.2 Å². The Hall–Kier alpha value is -0.560. The quantitative estimate of drug-likeness (QED) is 0.638. The van der Waals surface area contributed by atoms with Gasteiger partial charge in [-0.1, -0.05) is 30.7 Å². The number of fused-ring (bicyclic) bond motifs is 1. The minimum Gasteiger partial charge on any atom is -0.376 e. The summed E-state index contributed by atoms with van der Waals surface area (Å²) in [6.07, 6.45) is 16.0. The first-order valence-electron chi connectivity index (χ1n) is 7.55. The van der Waals surface area contributed by atoms with Crippen molar-refractivity contribution in [3.8, 4) is 0 Å². The number of rotatable bonds is 5. The van der Waals surface area contributed by atoms with Crippen molar-refractivity contribution in [3.05, 3.63) is 24.3 Å². The Balaban J connectivity index is 1.63. The Morgan fingerprint density at radius 3 is 2.61 bits per heavy atom. The van der Waals surface area contributed by atoms with Crippen molar-refractivity contribution in [2.45, 2.75) is 58.5 Å². The topological polar surface area (TPSA) is 9.23 Å². The molecule has 0 bridgehead atoms. The molecule has 0 heterocycles. The molecule has 18 heavy (non-hydrogen) atoms. The van der Waals surface area contributed by atoms with Gasteiger partial charge in [0.05, 0.1) is 5.60 Å². The number of allylic oxidation sites excluding steroid dienone is 4. The van der Waals surface area contributed by atoms with Gasteiger partial charge >= 0.3 is 0 Å². The number of unbranched alkanes of at least 4 members (excludes halogenated alkanes) is 1. The molecule has 102 valence electrons. The summed E-state index contributed by atoms with van der Waals surface area (Å²) in [5.74, 6) is 2.59. The molecular weight excluding hydrogens is 220 g/mol. The molecule has 0 amide bonds. The van der Waals surface area contributed by atoms with E-state index < -0.39 is 0 Å². The molecule has 0 saturated heterocycles. The van der Waals surface area contributed by atoms with E-state index in [0.717, 1.165) is 24.4 Å². The van der Waals surface area contributed by atoms with Gasteiger partial charge < -0.3 is 4.74 Å². The van der Waals surface area contributed by atoms with E-state index in [4.69, 9.17) is 4.74 Å². The fourth-order valence-corrected chi connectivity index (χ4v) is 3.29. The van der Waals surface area contributed by atoms with Crippen LogP contribution >= 0.6 is 0 Å². The first-order valence-corrected chi connectivity index (χ1v) is 7.55. The van der Waals surface area contributed by atoms with Crippen LogP contribution in [0.1, 0.15) is 52.9 Å². The van der Waals surface area contributed by atoms with Crippen molar-refractivity contribution >= 4 is 0 Å². The van der Waals surface area contributed by atoms with Gasteiger partial charge in [-0.2, -0.15) is 0 Å². The van der Waals surface area contributed by atoms with Crippen molar-refractivity contribution in [3.63, 3.8) is 0 Å². The van der Waals surface area contributed by atoms with Gasteiger partial charge in [0.2, 0.25) is 0 Å². The smallest absolute Gasteiger partial charge is 0.0598 e. The van der Waals surface area contributed by atoms with Gasteiger partial charge in [0.1, 0.15) is 0 Å². The average Bonchev–Trinajstić information content (AvgIpc) is 2.71. The zero-order valence-electron chi connectivity index (χ0n) is 12.2. The summed E-state index contributed by atoms with van der Waals surface area (Å²) in [5.41, 5.74) is 0.0232. The molecule has 0 aliphatic heterocycles. The third kappa shape index (κ3) is 3.98. The second-order valence-corrected chi connectivity index (χ2v) is 6.81. The second kappa shape index (κ2) is 6.06. The highest BCUT2D eigenvalue weighted by molar-refractivity contribution is 5.17. The van der Waals surface area contributed by atoms with E-state index in [1.807, 2.05) is 0 Å². The fraction of sp³-hybridized carbons (Fsp3) is 0.765. The first kappa shape index (κ1) is 13.9. The first-order chi connectivity index (χ1) is 8.56. The summed E-state index contributed by atoms with van der Waals surface area (Å²) in [7, 11) is 0. The van der Waals surface area contributed by atoms with Crippen molar-refractivity contribution in [2.75, 3.05) is 6.61 Å². The van der Waals surface area contributed by atoms with Gasteiger partial charge in [0.15, 0.2) is 0 Å². The molecule has 1 fully saturated rings. The monoisotopic (exact) mass is 248 g/mol. The van der Waals surface area contributed by atoms with Crippen LogP contribution in [0.5, 0.6) is 0 Å². The lowest BCUT2D eigenvalue weighted by atomic mass is 9.84. The van der Waals surface area contributed by atoms with Gasteiger partial charge in [-0.3, -0.25) is 0 Å². The Morgan fingerprint density at radius 2 is 1.83 bits per heavy atom. The molecule has 2 aliphatic rings. The SMILES string of the molecule is CC(C)(C)OCCCCC1CCC2C=CC=CC21. The van der Waals surface area contributed by atoms with Crippen LogP contribution in [0.15, 0.2) is 24.3 Å². The standard InChI is InChI=1S/C17H28O/c1-17(2,3)18-13-7-6-9-15-12-11-14-8-4-5-10-16(14)15/h4-5,8,10,14-16H,6-7,9,11-13H2,1-3H3. The predicted molar refractivity (Wildman–Crippen MR) is 77.5 cm³/mol. The molecule has 2 rings (SSSR count). The molecule has 1 saturated carbocycles. The Morgan fingerprint density at radius 1 is 1.06 bits per heavy atom. The maximum absolute atomic E-state index is 5.78. The lowest BCUT2D eigenvalue weighted by Crippen LogP contribution is -2.19. The normalized spacial score (nSPS) is 30.7. The van der Waals surface area contributed by atoms with Crippen LogP contribution in [0, 0.1) is 17.8 Å². The summed E-state index contributed by atoms with van der Waals surface area (Å²) in [5, 5.41) is 0. The van der Waals surface area contributed by atoms with Gasteiger partial charge in [-0.25, -0.2) is 0 Å². The molecule has 0 aromatic carbocycles. The summed E-state index contributed by atoms with van der Waals surface area (Å²) in [4.78, 5) is 0. The lowest BCUT2D eigenvalue weighted by Gasteiger charge is -2.22. The zero-order valence-corrected chi connectivity index (χ0v) is 12.2. The summed E-state index contributed by atoms with van der Waals surface area (Å²) in [6, 6.07) is 0. The van der Waals surface area contributed by atoms with Crippen LogP contribution in [0.2, 0.25) is 0 Å². The second-order valence-electron chi connectivity index (χ2n) is 6.81. The highest BCUT2D eigenvalue weighted by Gasteiger charge is 2.32. The molecule has 2 aliphatic carbocycles. The molecule has 0 spiro atoms. The van der Waals surface area contributed by atoms with E-state index in [0.29, 0.717) is 0 Å². The van der Waals surface area contributed by atoms with Crippen molar-refractivity contribution in [1.29, 1.82) is 0 Å². The molecule has 1 heteroatoms. The summed E-state index contributed by atoms with van der Waals surface area (Å²) < 4.78 is 5.78. The van der Waals surface area contributed by atoms with E-state index >= 15 is 0 Å². The van der Waals surface area contributed by atoms with Crippen molar-refractivity contribution in [1.82, 2.24) is 0 Å². The number of hydrogen-bond acceptors (Lipinski definition) is 1. The van der Waals surface area contributed by atoms with Crippen LogP contribution < -0.4 is 0 Å². The van der Waals surface area contributed by atoms with Crippen LogP contribution in [0.4, 0.5) is 0 Å². The third-order valence-electron chi connectivity index (χ3n) is 4.22. The molecule has 1 nitrogen and oxygen atoms in total. The Kier molecular flexibility index (Phi) is 4.66. The van der Waals surface area contributed by atoms with E-state index in [2.05, 4.69) is 45.1 Å². The van der Waals surface area contributed by atoms with Crippen molar-refractivity contribution < 1.29 is 4.74 Å². The van der Waals surface area contributed by atoms with Gasteiger partial charge in [-0.15, -0.1) is 0 Å². The van der Waals surface area contributed by atoms with E-state index in [9.17, 15) is 0 Å². The maximum Gasteiger partial charge on any atom is 0.0598 e. The molecule has 0 aromatic rings. The van der Waals surface area contributed by atoms with Crippen LogP contribution in [-0.2, 0) is 4.74 Å². The van der Waals surface area contributed by atoms with Crippen molar-refractivity contribution in [2.24, 2.45) is 17.8 Å². The van der Waals surface area contributed by atoms with Gasteiger partial charge in [0, 0.05) is 6.61 Å². The average molecular weight is 248 g/mol. The Bertz CT molecular complexity index is 308.